The molecule has 0 aliphatic heterocycles. The minimum atomic E-state index is -0.442. The van der Waals surface area contributed by atoms with E-state index in [-0.39, 0.29) is 12.1 Å². The van der Waals surface area contributed by atoms with Crippen molar-refractivity contribution in [3.8, 4) is 0 Å². The third-order valence-corrected chi connectivity index (χ3v) is 3.61. The summed E-state index contributed by atoms with van der Waals surface area (Å²) in [6.45, 7) is 9.22. The van der Waals surface area contributed by atoms with E-state index in [9.17, 15) is 4.79 Å². The number of hydrogen-bond donors (Lipinski definition) is 1. The Morgan fingerprint density at radius 2 is 2.25 bits per heavy atom. The Bertz CT molecular complexity index is 401. The Balaban J connectivity index is 2.19. The molecule has 1 amide bonds. The van der Waals surface area contributed by atoms with Crippen molar-refractivity contribution in [1.29, 1.82) is 0 Å². The minimum absolute atomic E-state index is 0.252. The molecule has 6 heteroatoms. The Kier molecular flexibility index (Phi) is 6.42. The van der Waals surface area contributed by atoms with Crippen LogP contribution in [0, 0.1) is 0 Å². The van der Waals surface area contributed by atoms with Gasteiger partial charge in [0.05, 0.1) is 6.04 Å². The second kappa shape index (κ2) is 7.59. The number of aromatic nitrogens is 1. The highest BCUT2D eigenvalue weighted by Crippen LogP contribution is 2.14. The minimum Gasteiger partial charge on any atom is -0.444 e. The van der Waals surface area contributed by atoms with Gasteiger partial charge in [-0.3, -0.25) is 0 Å². The Morgan fingerprint density at radius 1 is 1.55 bits per heavy atom. The van der Waals surface area contributed by atoms with Crippen molar-refractivity contribution < 1.29 is 9.53 Å². The molecular weight excluding hydrogens is 274 g/mol. The van der Waals surface area contributed by atoms with E-state index < -0.39 is 5.60 Å². The average molecular weight is 299 g/mol. The van der Waals surface area contributed by atoms with Gasteiger partial charge in [0.2, 0.25) is 0 Å². The highest BCUT2D eigenvalue weighted by Gasteiger charge is 2.19. The number of rotatable bonds is 6. The molecule has 1 rings (SSSR count). The molecule has 0 fully saturated rings. The molecule has 0 saturated heterocycles. The second-order valence-electron chi connectivity index (χ2n) is 5.80. The number of carbonyl (C=O) groups is 1. The second-order valence-corrected chi connectivity index (χ2v) is 6.73. The number of carbonyl (C=O) groups excluding carboxylic acids is 1. The summed E-state index contributed by atoms with van der Waals surface area (Å²) < 4.78 is 5.29. The van der Waals surface area contributed by atoms with Crippen molar-refractivity contribution in [3.05, 3.63) is 16.6 Å². The van der Waals surface area contributed by atoms with E-state index in [1.165, 1.54) is 0 Å². The molecule has 114 valence electrons. The van der Waals surface area contributed by atoms with E-state index in [2.05, 4.69) is 17.2 Å². The molecule has 0 bridgehead atoms. The van der Waals surface area contributed by atoms with Crippen LogP contribution in [0.1, 0.15) is 45.2 Å². The zero-order valence-corrected chi connectivity index (χ0v) is 13.8. The van der Waals surface area contributed by atoms with Crippen molar-refractivity contribution in [3.63, 3.8) is 0 Å². The fourth-order valence-electron chi connectivity index (χ4n) is 1.60. The predicted molar refractivity (Wildman–Crippen MR) is 82.0 cm³/mol. The first-order valence-electron chi connectivity index (χ1n) is 6.86. The average Bonchev–Trinajstić information content (AvgIpc) is 2.85. The van der Waals surface area contributed by atoms with Gasteiger partial charge in [-0.15, -0.1) is 11.3 Å². The standard InChI is InChI=1S/C14H25N3O2S/c1-11(12-16-8-10-20-12)15-7-6-9-17(5)13(18)19-14(2,3)4/h8,10-11,15H,6-7,9H2,1-5H3. The number of ether oxygens (including phenoxy) is 1. The van der Waals surface area contributed by atoms with Gasteiger partial charge in [0.1, 0.15) is 10.6 Å². The fraction of sp³-hybridized carbons (Fsp3) is 0.714. The number of hydrogen-bond acceptors (Lipinski definition) is 5. The topological polar surface area (TPSA) is 54.5 Å². The summed E-state index contributed by atoms with van der Waals surface area (Å²) in [5.74, 6) is 0. The van der Waals surface area contributed by atoms with E-state index in [0.717, 1.165) is 18.0 Å². The van der Waals surface area contributed by atoms with Gasteiger partial charge >= 0.3 is 6.09 Å². The summed E-state index contributed by atoms with van der Waals surface area (Å²) in [4.78, 5) is 17.6. The molecule has 0 aliphatic carbocycles. The fourth-order valence-corrected chi connectivity index (χ4v) is 2.27. The maximum Gasteiger partial charge on any atom is 0.410 e. The van der Waals surface area contributed by atoms with Gasteiger partial charge in [-0.2, -0.15) is 0 Å². The largest absolute Gasteiger partial charge is 0.444 e. The van der Waals surface area contributed by atoms with Crippen LogP contribution in [0.3, 0.4) is 0 Å². The van der Waals surface area contributed by atoms with Crippen LogP contribution in [0.25, 0.3) is 0 Å². The molecule has 1 aromatic rings. The lowest BCUT2D eigenvalue weighted by atomic mass is 10.2. The monoisotopic (exact) mass is 299 g/mol. The molecular formula is C14H25N3O2S. The summed E-state index contributed by atoms with van der Waals surface area (Å²) >= 11 is 1.65. The van der Waals surface area contributed by atoms with Gasteiger partial charge in [0.25, 0.3) is 0 Å². The highest BCUT2D eigenvalue weighted by molar-refractivity contribution is 7.09. The third kappa shape index (κ3) is 6.34. The summed E-state index contributed by atoms with van der Waals surface area (Å²) in [6.07, 6.45) is 2.42. The highest BCUT2D eigenvalue weighted by atomic mass is 32.1. The van der Waals surface area contributed by atoms with Crippen molar-refractivity contribution >= 4 is 17.4 Å². The molecule has 1 heterocycles. The Morgan fingerprint density at radius 3 is 2.80 bits per heavy atom. The Hall–Kier alpha value is -1.14. The smallest absolute Gasteiger partial charge is 0.410 e. The lowest BCUT2D eigenvalue weighted by Gasteiger charge is -2.24. The molecule has 20 heavy (non-hydrogen) atoms. The van der Waals surface area contributed by atoms with Crippen LogP contribution in [0.5, 0.6) is 0 Å². The van der Waals surface area contributed by atoms with Gasteiger partial charge in [-0.25, -0.2) is 9.78 Å². The van der Waals surface area contributed by atoms with E-state index in [4.69, 9.17) is 4.74 Å². The van der Waals surface area contributed by atoms with Gasteiger partial charge in [-0.1, -0.05) is 0 Å². The van der Waals surface area contributed by atoms with E-state index in [1.54, 1.807) is 23.3 Å². The molecule has 0 saturated carbocycles. The van der Waals surface area contributed by atoms with Crippen molar-refractivity contribution in [1.82, 2.24) is 15.2 Å². The van der Waals surface area contributed by atoms with Crippen molar-refractivity contribution in [2.45, 2.75) is 45.8 Å². The maximum atomic E-state index is 11.7. The molecule has 1 N–H and O–H groups in total. The maximum absolute atomic E-state index is 11.7. The van der Waals surface area contributed by atoms with Crippen LogP contribution in [-0.2, 0) is 4.74 Å². The zero-order chi connectivity index (χ0) is 15.2. The molecule has 0 spiro atoms. The van der Waals surface area contributed by atoms with Gasteiger partial charge in [0.15, 0.2) is 0 Å². The lowest BCUT2D eigenvalue weighted by Crippen LogP contribution is -2.35. The van der Waals surface area contributed by atoms with Gasteiger partial charge in [-0.05, 0) is 40.7 Å². The zero-order valence-electron chi connectivity index (χ0n) is 13.0. The van der Waals surface area contributed by atoms with Crippen molar-refractivity contribution in [2.75, 3.05) is 20.1 Å². The Labute approximate surface area is 125 Å². The van der Waals surface area contributed by atoms with Crippen LogP contribution < -0.4 is 5.32 Å². The summed E-state index contributed by atoms with van der Waals surface area (Å²) in [6, 6.07) is 0.252. The molecule has 0 radical (unpaired) electrons. The molecule has 0 aromatic carbocycles. The molecule has 1 aromatic heterocycles. The van der Waals surface area contributed by atoms with E-state index in [1.807, 2.05) is 32.3 Å². The van der Waals surface area contributed by atoms with Crippen LogP contribution in [0.2, 0.25) is 0 Å². The number of nitrogens with zero attached hydrogens (tertiary/aromatic N) is 2. The first-order chi connectivity index (χ1) is 9.29. The molecule has 0 aliphatic rings. The first kappa shape index (κ1) is 16.9. The number of thiazole rings is 1. The number of amides is 1. The van der Waals surface area contributed by atoms with E-state index in [0.29, 0.717) is 6.54 Å². The number of nitrogens with one attached hydrogen (secondary N) is 1. The lowest BCUT2D eigenvalue weighted by molar-refractivity contribution is 0.0297. The quantitative estimate of drug-likeness (QED) is 0.820. The first-order valence-corrected chi connectivity index (χ1v) is 7.74. The van der Waals surface area contributed by atoms with Gasteiger partial charge in [0, 0.05) is 25.2 Å². The van der Waals surface area contributed by atoms with E-state index >= 15 is 0 Å². The predicted octanol–water partition coefficient (Wildman–Crippen LogP) is 3.05. The molecule has 5 nitrogen and oxygen atoms in total. The molecule has 1 unspecified atom stereocenters. The normalized spacial score (nSPS) is 13.1. The van der Waals surface area contributed by atoms with Crippen molar-refractivity contribution in [2.24, 2.45) is 0 Å². The van der Waals surface area contributed by atoms with Crippen LogP contribution in [0.15, 0.2) is 11.6 Å². The SMILES string of the molecule is CC(NCCCN(C)C(=O)OC(C)(C)C)c1nccs1. The summed E-state index contributed by atoms with van der Waals surface area (Å²) in [5.41, 5.74) is -0.442. The van der Waals surface area contributed by atoms with Crippen LogP contribution in [-0.4, -0.2) is 41.7 Å². The third-order valence-electron chi connectivity index (χ3n) is 2.65. The summed E-state index contributed by atoms with van der Waals surface area (Å²) in [5, 5.41) is 6.46. The van der Waals surface area contributed by atoms with Crippen LogP contribution in [0.4, 0.5) is 4.79 Å². The van der Waals surface area contributed by atoms with Gasteiger partial charge < -0.3 is 15.0 Å². The van der Waals surface area contributed by atoms with Crippen LogP contribution >= 0.6 is 11.3 Å². The summed E-state index contributed by atoms with van der Waals surface area (Å²) in [7, 11) is 1.76. The molecule has 1 atom stereocenters.